The third-order valence-electron chi connectivity index (χ3n) is 3.47. The monoisotopic (exact) mass is 269 g/mol. The van der Waals surface area contributed by atoms with Gasteiger partial charge in [-0.3, -0.25) is 4.79 Å². The minimum absolute atomic E-state index is 0.323. The molecule has 0 heterocycles. The number of hydrogen-bond acceptors (Lipinski definition) is 2. The first-order valence-electron chi connectivity index (χ1n) is 6.52. The van der Waals surface area contributed by atoms with Crippen LogP contribution in [0.4, 0.5) is 8.78 Å². The molecule has 0 spiro atoms. The van der Waals surface area contributed by atoms with E-state index in [1.807, 2.05) is 0 Å². The molecule has 1 aromatic rings. The van der Waals surface area contributed by atoms with Gasteiger partial charge in [0.15, 0.2) is 0 Å². The van der Waals surface area contributed by atoms with E-state index >= 15 is 0 Å². The Hall–Kier alpha value is -1.49. The van der Waals surface area contributed by atoms with E-state index in [9.17, 15) is 18.7 Å². The van der Waals surface area contributed by atoms with E-state index in [4.69, 9.17) is 0 Å². The zero-order chi connectivity index (χ0) is 13.8. The quantitative estimate of drug-likeness (QED) is 0.810. The molecule has 2 N–H and O–H groups in total. The highest BCUT2D eigenvalue weighted by molar-refractivity contribution is 5.94. The molecule has 0 aliphatic heterocycles. The Morgan fingerprint density at radius 1 is 1.21 bits per heavy atom. The number of aliphatic hydroxyl groups is 1. The molecular weight excluding hydrogens is 252 g/mol. The maximum atomic E-state index is 13.5. The lowest BCUT2D eigenvalue weighted by atomic mass is 10.1. The van der Waals surface area contributed by atoms with Gasteiger partial charge in [-0.15, -0.1) is 0 Å². The summed E-state index contributed by atoms with van der Waals surface area (Å²) in [6.07, 6.45) is 3.50. The Kier molecular flexibility index (Phi) is 4.47. The van der Waals surface area contributed by atoms with Gasteiger partial charge in [0.1, 0.15) is 11.6 Å². The van der Waals surface area contributed by atoms with Crippen LogP contribution in [0.15, 0.2) is 18.2 Å². The summed E-state index contributed by atoms with van der Waals surface area (Å²) in [5.41, 5.74) is -0.323. The molecule has 1 saturated carbocycles. The molecular formula is C14H17F2NO2. The number of benzene rings is 1. The zero-order valence-electron chi connectivity index (χ0n) is 10.5. The molecule has 1 aliphatic carbocycles. The summed E-state index contributed by atoms with van der Waals surface area (Å²) in [6.45, 7) is 0. The van der Waals surface area contributed by atoms with E-state index in [1.54, 1.807) is 0 Å². The highest BCUT2D eigenvalue weighted by Crippen LogP contribution is 2.19. The standard InChI is InChI=1S/C14H17F2NO2/c15-9-6-7-11(16)10(8-9)14(19)17-12-4-2-1-3-5-13(12)18/h6-8,12-13,18H,1-5H2,(H,17,19). The SMILES string of the molecule is O=C(NC1CCCCCC1O)c1cc(F)ccc1F. The van der Waals surface area contributed by atoms with Crippen LogP contribution in [-0.4, -0.2) is 23.2 Å². The first kappa shape index (κ1) is 13.9. The fourth-order valence-electron chi connectivity index (χ4n) is 2.37. The number of carbonyl (C=O) groups excluding carboxylic acids is 1. The van der Waals surface area contributed by atoms with E-state index in [0.717, 1.165) is 37.5 Å². The van der Waals surface area contributed by atoms with Gasteiger partial charge in [-0.05, 0) is 31.0 Å². The molecule has 0 saturated heterocycles. The van der Waals surface area contributed by atoms with Crippen molar-refractivity contribution in [3.8, 4) is 0 Å². The van der Waals surface area contributed by atoms with Crippen LogP contribution in [0.25, 0.3) is 0 Å². The molecule has 0 radical (unpaired) electrons. The highest BCUT2D eigenvalue weighted by Gasteiger charge is 2.24. The number of rotatable bonds is 2. The minimum Gasteiger partial charge on any atom is -0.391 e. The summed E-state index contributed by atoms with van der Waals surface area (Å²) in [4.78, 5) is 11.9. The molecule has 5 heteroatoms. The van der Waals surface area contributed by atoms with Crippen molar-refractivity contribution in [2.45, 2.75) is 44.2 Å². The Balaban J connectivity index is 2.09. The Morgan fingerprint density at radius 3 is 2.74 bits per heavy atom. The molecule has 3 nitrogen and oxygen atoms in total. The highest BCUT2D eigenvalue weighted by atomic mass is 19.1. The molecule has 0 bridgehead atoms. The fourth-order valence-corrected chi connectivity index (χ4v) is 2.37. The number of hydrogen-bond donors (Lipinski definition) is 2. The second-order valence-corrected chi connectivity index (χ2v) is 4.91. The van der Waals surface area contributed by atoms with Crippen molar-refractivity contribution in [1.29, 1.82) is 0 Å². The van der Waals surface area contributed by atoms with E-state index in [-0.39, 0.29) is 5.56 Å². The maximum absolute atomic E-state index is 13.5. The van der Waals surface area contributed by atoms with Crippen LogP contribution < -0.4 is 5.32 Å². The third kappa shape index (κ3) is 3.50. The average molecular weight is 269 g/mol. The molecule has 1 fully saturated rings. The summed E-state index contributed by atoms with van der Waals surface area (Å²) in [7, 11) is 0. The second kappa shape index (κ2) is 6.10. The van der Waals surface area contributed by atoms with Gasteiger partial charge in [0.05, 0.1) is 17.7 Å². The number of amides is 1. The van der Waals surface area contributed by atoms with Crippen LogP contribution in [0.3, 0.4) is 0 Å². The first-order chi connectivity index (χ1) is 9.08. The number of aliphatic hydroxyl groups excluding tert-OH is 1. The molecule has 104 valence electrons. The minimum atomic E-state index is -0.762. The summed E-state index contributed by atoms with van der Waals surface area (Å²) >= 11 is 0. The van der Waals surface area contributed by atoms with Crippen LogP contribution in [0.2, 0.25) is 0 Å². The topological polar surface area (TPSA) is 49.3 Å². The van der Waals surface area contributed by atoms with Crippen LogP contribution in [0.1, 0.15) is 42.5 Å². The summed E-state index contributed by atoms with van der Waals surface area (Å²) in [5, 5.41) is 12.5. The molecule has 2 atom stereocenters. The molecule has 1 aliphatic rings. The summed E-state index contributed by atoms with van der Waals surface area (Å²) in [5.74, 6) is -2.10. The second-order valence-electron chi connectivity index (χ2n) is 4.91. The van der Waals surface area contributed by atoms with E-state index in [0.29, 0.717) is 12.8 Å². The van der Waals surface area contributed by atoms with Crippen molar-refractivity contribution in [1.82, 2.24) is 5.32 Å². The smallest absolute Gasteiger partial charge is 0.254 e. The van der Waals surface area contributed by atoms with Gasteiger partial charge < -0.3 is 10.4 Å². The van der Waals surface area contributed by atoms with Crippen LogP contribution in [0.5, 0.6) is 0 Å². The molecule has 0 aromatic heterocycles. The van der Waals surface area contributed by atoms with Gasteiger partial charge in [-0.25, -0.2) is 8.78 Å². The lowest BCUT2D eigenvalue weighted by Gasteiger charge is -2.21. The van der Waals surface area contributed by atoms with Crippen molar-refractivity contribution >= 4 is 5.91 Å². The van der Waals surface area contributed by atoms with Gasteiger partial charge >= 0.3 is 0 Å². The summed E-state index contributed by atoms with van der Waals surface area (Å²) < 4.78 is 26.5. The molecule has 2 rings (SSSR count). The number of halogens is 2. The Bertz CT molecular complexity index is 465. The Labute approximate surface area is 110 Å². The largest absolute Gasteiger partial charge is 0.391 e. The van der Waals surface area contributed by atoms with Crippen molar-refractivity contribution in [2.75, 3.05) is 0 Å². The van der Waals surface area contributed by atoms with E-state index in [1.165, 1.54) is 0 Å². The van der Waals surface area contributed by atoms with Gasteiger partial charge in [0.25, 0.3) is 5.91 Å². The molecule has 2 unspecified atom stereocenters. The zero-order valence-corrected chi connectivity index (χ0v) is 10.5. The summed E-state index contributed by atoms with van der Waals surface area (Å²) in [6, 6.07) is 2.37. The molecule has 1 amide bonds. The Morgan fingerprint density at radius 2 is 1.95 bits per heavy atom. The van der Waals surface area contributed by atoms with Crippen molar-refractivity contribution < 1.29 is 18.7 Å². The van der Waals surface area contributed by atoms with Gasteiger partial charge in [0, 0.05) is 0 Å². The van der Waals surface area contributed by atoms with Gasteiger partial charge in [0.2, 0.25) is 0 Å². The third-order valence-corrected chi connectivity index (χ3v) is 3.47. The van der Waals surface area contributed by atoms with Gasteiger partial charge in [-0.1, -0.05) is 19.3 Å². The van der Waals surface area contributed by atoms with Crippen molar-refractivity contribution in [3.05, 3.63) is 35.4 Å². The normalized spacial score (nSPS) is 23.7. The first-order valence-corrected chi connectivity index (χ1v) is 6.52. The predicted molar refractivity (Wildman–Crippen MR) is 66.7 cm³/mol. The van der Waals surface area contributed by atoms with Crippen LogP contribution in [0, 0.1) is 11.6 Å². The predicted octanol–water partition coefficient (Wildman–Crippen LogP) is 2.39. The lowest BCUT2D eigenvalue weighted by Crippen LogP contribution is -2.43. The van der Waals surface area contributed by atoms with Crippen molar-refractivity contribution in [3.63, 3.8) is 0 Å². The van der Waals surface area contributed by atoms with Gasteiger partial charge in [-0.2, -0.15) is 0 Å². The van der Waals surface area contributed by atoms with Crippen LogP contribution >= 0.6 is 0 Å². The van der Waals surface area contributed by atoms with E-state index in [2.05, 4.69) is 5.32 Å². The number of carbonyl (C=O) groups is 1. The lowest BCUT2D eigenvalue weighted by molar-refractivity contribution is 0.0814. The maximum Gasteiger partial charge on any atom is 0.254 e. The fraction of sp³-hybridized carbons (Fsp3) is 0.500. The van der Waals surface area contributed by atoms with E-state index < -0.39 is 29.7 Å². The molecule has 1 aromatic carbocycles. The number of nitrogens with one attached hydrogen (secondary N) is 1. The average Bonchev–Trinajstić information content (AvgIpc) is 2.58. The molecule has 19 heavy (non-hydrogen) atoms. The van der Waals surface area contributed by atoms with Crippen LogP contribution in [-0.2, 0) is 0 Å². The van der Waals surface area contributed by atoms with Crippen molar-refractivity contribution in [2.24, 2.45) is 0 Å².